The first-order valence-electron chi connectivity index (χ1n) is 10.4. The minimum Gasteiger partial charge on any atom is -0.341 e. The molecule has 1 aliphatic heterocycles. The Labute approximate surface area is 174 Å². The molecule has 1 atom stereocenters. The minimum absolute atomic E-state index is 0.00103. The molecule has 0 saturated heterocycles. The van der Waals surface area contributed by atoms with Gasteiger partial charge in [0.2, 0.25) is 5.91 Å². The zero-order valence-electron chi connectivity index (χ0n) is 16.9. The van der Waals surface area contributed by atoms with Crippen LogP contribution in [0.4, 0.5) is 5.69 Å². The second-order valence-electron chi connectivity index (χ2n) is 8.16. The molecule has 152 valence electrons. The van der Waals surface area contributed by atoms with E-state index in [0.29, 0.717) is 6.54 Å². The van der Waals surface area contributed by atoms with Crippen molar-refractivity contribution >= 4 is 28.6 Å². The van der Waals surface area contributed by atoms with Crippen LogP contribution in [-0.4, -0.2) is 26.8 Å². The monoisotopic (exact) mass is 401 g/mol. The highest BCUT2D eigenvalue weighted by atomic mass is 16.6. The first-order chi connectivity index (χ1) is 14.5. The van der Waals surface area contributed by atoms with Crippen LogP contribution in [0.2, 0.25) is 0 Å². The number of nitro groups is 1. The standard InChI is InChI=1S/C24H23N3O3/c1-16-5-11-21-20(15-16)19-3-2-4-22-24(19)26(21)14-13-25(22)23(28)12-8-17-6-9-18(10-7-17)27(29)30/h5-12,15,22H,2-4,13-14H2,1H3/b12-8+/t22-/m0/s1. The Morgan fingerprint density at radius 3 is 2.73 bits per heavy atom. The molecule has 1 amide bonds. The number of carbonyl (C=O) groups is 1. The molecule has 2 aliphatic rings. The molecule has 5 rings (SSSR count). The lowest BCUT2D eigenvalue weighted by atomic mass is 9.89. The van der Waals surface area contributed by atoms with Gasteiger partial charge in [-0.25, -0.2) is 0 Å². The fourth-order valence-electron chi connectivity index (χ4n) is 4.95. The van der Waals surface area contributed by atoms with Gasteiger partial charge in [-0.3, -0.25) is 14.9 Å². The Hall–Kier alpha value is -3.41. The molecule has 0 radical (unpaired) electrons. The molecular formula is C24H23N3O3. The second kappa shape index (κ2) is 7.13. The Bertz CT molecular complexity index is 1190. The third-order valence-corrected chi connectivity index (χ3v) is 6.33. The summed E-state index contributed by atoms with van der Waals surface area (Å²) in [5.74, 6) is -0.00103. The van der Waals surface area contributed by atoms with Gasteiger partial charge in [-0.1, -0.05) is 11.6 Å². The number of rotatable bonds is 3. The molecule has 1 aliphatic carbocycles. The summed E-state index contributed by atoms with van der Waals surface area (Å²) in [6, 6.07) is 13.0. The van der Waals surface area contributed by atoms with Crippen molar-refractivity contribution in [3.05, 3.63) is 81.0 Å². The summed E-state index contributed by atoms with van der Waals surface area (Å²) in [6.07, 6.45) is 6.47. The third-order valence-electron chi connectivity index (χ3n) is 6.33. The first kappa shape index (κ1) is 18.6. The van der Waals surface area contributed by atoms with Gasteiger partial charge in [-0.2, -0.15) is 0 Å². The number of nitrogens with zero attached hydrogens (tertiary/aromatic N) is 3. The average molecular weight is 401 g/mol. The van der Waals surface area contributed by atoms with Crippen LogP contribution >= 0.6 is 0 Å². The zero-order chi connectivity index (χ0) is 20.8. The second-order valence-corrected chi connectivity index (χ2v) is 8.16. The summed E-state index contributed by atoms with van der Waals surface area (Å²) in [6.45, 7) is 3.63. The van der Waals surface area contributed by atoms with Crippen molar-refractivity contribution in [3.63, 3.8) is 0 Å². The number of amides is 1. The normalized spacial score (nSPS) is 18.0. The van der Waals surface area contributed by atoms with E-state index in [0.717, 1.165) is 31.4 Å². The van der Waals surface area contributed by atoms with Crippen molar-refractivity contribution in [2.24, 2.45) is 0 Å². The smallest absolute Gasteiger partial charge is 0.269 e. The van der Waals surface area contributed by atoms with Gasteiger partial charge in [-0.15, -0.1) is 0 Å². The maximum Gasteiger partial charge on any atom is 0.269 e. The van der Waals surface area contributed by atoms with Crippen molar-refractivity contribution < 1.29 is 9.72 Å². The van der Waals surface area contributed by atoms with Gasteiger partial charge in [0.05, 0.1) is 11.0 Å². The third kappa shape index (κ3) is 3.00. The van der Waals surface area contributed by atoms with E-state index in [-0.39, 0.29) is 17.6 Å². The molecule has 6 nitrogen and oxygen atoms in total. The van der Waals surface area contributed by atoms with Crippen molar-refractivity contribution in [1.82, 2.24) is 9.47 Å². The Balaban J connectivity index is 1.44. The van der Waals surface area contributed by atoms with Crippen molar-refractivity contribution in [2.45, 2.75) is 38.8 Å². The molecule has 0 unspecified atom stereocenters. The van der Waals surface area contributed by atoms with Gasteiger partial charge in [0.25, 0.3) is 5.69 Å². The molecule has 3 aromatic rings. The molecule has 2 aromatic carbocycles. The van der Waals surface area contributed by atoms with E-state index in [2.05, 4.69) is 29.7 Å². The highest BCUT2D eigenvalue weighted by Gasteiger charge is 2.36. The predicted octanol–water partition coefficient (Wildman–Crippen LogP) is 4.79. The van der Waals surface area contributed by atoms with Crippen LogP contribution in [0.15, 0.2) is 48.5 Å². The van der Waals surface area contributed by atoms with Crippen LogP contribution in [-0.2, 0) is 17.8 Å². The van der Waals surface area contributed by atoms with Gasteiger partial charge in [-0.05, 0) is 67.7 Å². The molecule has 0 fully saturated rings. The maximum absolute atomic E-state index is 13.1. The van der Waals surface area contributed by atoms with E-state index in [4.69, 9.17) is 0 Å². The van der Waals surface area contributed by atoms with Crippen LogP contribution in [0.3, 0.4) is 0 Å². The van der Waals surface area contributed by atoms with Gasteiger partial charge in [0, 0.05) is 47.9 Å². The molecule has 2 heterocycles. The van der Waals surface area contributed by atoms with Crippen LogP contribution in [0.1, 0.15) is 41.3 Å². The molecule has 1 aromatic heterocycles. The van der Waals surface area contributed by atoms with Crippen molar-refractivity contribution in [1.29, 1.82) is 0 Å². The summed E-state index contributed by atoms with van der Waals surface area (Å²) in [4.78, 5) is 25.4. The number of aryl methyl sites for hydroxylation is 2. The van der Waals surface area contributed by atoms with E-state index >= 15 is 0 Å². The molecule has 6 heteroatoms. The highest BCUT2D eigenvalue weighted by Crippen LogP contribution is 2.42. The van der Waals surface area contributed by atoms with E-state index in [1.165, 1.54) is 39.9 Å². The molecule has 0 bridgehead atoms. The van der Waals surface area contributed by atoms with E-state index < -0.39 is 4.92 Å². The summed E-state index contributed by atoms with van der Waals surface area (Å²) in [5.41, 5.74) is 6.09. The van der Waals surface area contributed by atoms with Gasteiger partial charge in [0.15, 0.2) is 0 Å². The lowest BCUT2D eigenvalue weighted by molar-refractivity contribution is -0.384. The summed E-state index contributed by atoms with van der Waals surface area (Å²) in [7, 11) is 0. The fraction of sp³-hybridized carbons (Fsp3) is 0.292. The highest BCUT2D eigenvalue weighted by molar-refractivity contribution is 5.93. The Morgan fingerprint density at radius 2 is 1.97 bits per heavy atom. The van der Waals surface area contributed by atoms with Crippen LogP contribution in [0.5, 0.6) is 0 Å². The summed E-state index contributed by atoms with van der Waals surface area (Å²) >= 11 is 0. The number of fused-ring (bicyclic) bond motifs is 3. The number of benzene rings is 2. The van der Waals surface area contributed by atoms with Crippen LogP contribution in [0.25, 0.3) is 17.0 Å². The molecular weight excluding hydrogens is 378 g/mol. The topological polar surface area (TPSA) is 68.4 Å². The summed E-state index contributed by atoms with van der Waals surface area (Å²) in [5, 5.41) is 12.1. The van der Waals surface area contributed by atoms with Gasteiger partial charge < -0.3 is 9.47 Å². The number of carbonyl (C=O) groups excluding carboxylic acids is 1. The molecule has 30 heavy (non-hydrogen) atoms. The number of hydrogen-bond donors (Lipinski definition) is 0. The predicted molar refractivity (Wildman–Crippen MR) is 116 cm³/mol. The number of non-ortho nitro benzene ring substituents is 1. The maximum atomic E-state index is 13.1. The van der Waals surface area contributed by atoms with Gasteiger partial charge in [0.1, 0.15) is 0 Å². The largest absolute Gasteiger partial charge is 0.341 e. The number of aromatic nitrogens is 1. The molecule has 0 saturated carbocycles. The quantitative estimate of drug-likeness (QED) is 0.360. The zero-order valence-corrected chi connectivity index (χ0v) is 16.9. The lowest BCUT2D eigenvalue weighted by Crippen LogP contribution is -2.42. The SMILES string of the molecule is Cc1ccc2c(c1)c1c3n2CCN(C(=O)/C=C/c2ccc([N+](=O)[O-])cc2)[C@H]3CCC1. The Morgan fingerprint density at radius 1 is 1.17 bits per heavy atom. The van der Waals surface area contributed by atoms with Crippen molar-refractivity contribution in [3.8, 4) is 0 Å². The number of hydrogen-bond acceptors (Lipinski definition) is 3. The Kier molecular flexibility index (Phi) is 4.42. The van der Waals surface area contributed by atoms with Crippen LogP contribution in [0, 0.1) is 17.0 Å². The first-order valence-corrected chi connectivity index (χ1v) is 10.4. The lowest BCUT2D eigenvalue weighted by Gasteiger charge is -2.39. The fourth-order valence-corrected chi connectivity index (χ4v) is 4.95. The van der Waals surface area contributed by atoms with Gasteiger partial charge >= 0.3 is 0 Å². The average Bonchev–Trinajstić information content (AvgIpc) is 3.07. The van der Waals surface area contributed by atoms with Crippen LogP contribution < -0.4 is 0 Å². The minimum atomic E-state index is -0.423. The van der Waals surface area contributed by atoms with E-state index in [9.17, 15) is 14.9 Å². The summed E-state index contributed by atoms with van der Waals surface area (Å²) < 4.78 is 2.41. The van der Waals surface area contributed by atoms with E-state index in [1.54, 1.807) is 24.3 Å². The van der Waals surface area contributed by atoms with Crippen molar-refractivity contribution in [2.75, 3.05) is 6.54 Å². The van der Waals surface area contributed by atoms with E-state index in [1.807, 2.05) is 4.90 Å². The molecule has 0 spiro atoms. The number of nitro benzene ring substituents is 1. The molecule has 0 N–H and O–H groups in total.